The number of ether oxygens (including phenoxy) is 1. The van der Waals surface area contributed by atoms with Crippen molar-refractivity contribution in [2.24, 2.45) is 5.92 Å². The maximum atomic E-state index is 13.1. The van der Waals surface area contributed by atoms with Crippen LogP contribution < -0.4 is 4.90 Å². The number of nitrogens with zero attached hydrogens (tertiary/aromatic N) is 3. The van der Waals surface area contributed by atoms with Crippen molar-refractivity contribution in [2.45, 2.75) is 13.0 Å². The predicted molar refractivity (Wildman–Crippen MR) is 103 cm³/mol. The van der Waals surface area contributed by atoms with Gasteiger partial charge in [0.1, 0.15) is 0 Å². The molecule has 0 saturated carbocycles. The largest absolute Gasteiger partial charge is 0.383 e. The van der Waals surface area contributed by atoms with Crippen LogP contribution in [0.15, 0.2) is 48.8 Å². The molecule has 0 aliphatic carbocycles. The molecule has 0 unspecified atom stereocenters. The van der Waals surface area contributed by atoms with Crippen molar-refractivity contribution in [3.63, 3.8) is 0 Å². The van der Waals surface area contributed by atoms with Crippen LogP contribution in [-0.2, 0) is 20.9 Å². The topological polar surface area (TPSA) is 62.7 Å². The number of halogens is 1. The first-order valence-electron chi connectivity index (χ1n) is 8.81. The molecule has 6 nitrogen and oxygen atoms in total. The van der Waals surface area contributed by atoms with Crippen molar-refractivity contribution < 1.29 is 14.3 Å². The SMILES string of the molecule is COCCN(Cc1ccncc1)C(=O)[C@H]1CC(=O)N(c2ccc(Cl)cc2)C1. The Bertz CT molecular complexity index is 783. The minimum atomic E-state index is -0.369. The summed E-state index contributed by atoms with van der Waals surface area (Å²) in [6.07, 6.45) is 3.62. The van der Waals surface area contributed by atoms with E-state index in [1.807, 2.05) is 12.1 Å². The van der Waals surface area contributed by atoms with Crippen LogP contribution >= 0.6 is 11.6 Å². The molecule has 1 aromatic heterocycles. The second-order valence-electron chi connectivity index (χ2n) is 6.49. The fourth-order valence-corrected chi connectivity index (χ4v) is 3.30. The Morgan fingerprint density at radius 2 is 1.96 bits per heavy atom. The lowest BCUT2D eigenvalue weighted by molar-refractivity contribution is -0.137. The van der Waals surface area contributed by atoms with Gasteiger partial charge in [0.25, 0.3) is 0 Å². The van der Waals surface area contributed by atoms with E-state index in [4.69, 9.17) is 16.3 Å². The van der Waals surface area contributed by atoms with E-state index in [-0.39, 0.29) is 24.2 Å². The zero-order valence-electron chi connectivity index (χ0n) is 15.2. The van der Waals surface area contributed by atoms with Gasteiger partial charge in [-0.3, -0.25) is 14.6 Å². The fraction of sp³-hybridized carbons (Fsp3) is 0.350. The third kappa shape index (κ3) is 4.84. The molecule has 1 atom stereocenters. The smallest absolute Gasteiger partial charge is 0.228 e. The van der Waals surface area contributed by atoms with Gasteiger partial charge in [0.2, 0.25) is 11.8 Å². The monoisotopic (exact) mass is 387 g/mol. The molecule has 2 aromatic rings. The Balaban J connectivity index is 1.71. The quantitative estimate of drug-likeness (QED) is 0.732. The second-order valence-corrected chi connectivity index (χ2v) is 6.93. The number of hydrogen-bond donors (Lipinski definition) is 0. The van der Waals surface area contributed by atoms with E-state index >= 15 is 0 Å². The van der Waals surface area contributed by atoms with Crippen molar-refractivity contribution in [1.29, 1.82) is 0 Å². The van der Waals surface area contributed by atoms with Gasteiger partial charge < -0.3 is 14.5 Å². The highest BCUT2D eigenvalue weighted by molar-refractivity contribution is 6.30. The van der Waals surface area contributed by atoms with Crippen molar-refractivity contribution in [3.8, 4) is 0 Å². The Labute approximate surface area is 163 Å². The highest BCUT2D eigenvalue weighted by Crippen LogP contribution is 2.27. The van der Waals surface area contributed by atoms with E-state index in [1.165, 1.54) is 0 Å². The number of anilines is 1. The fourth-order valence-electron chi connectivity index (χ4n) is 3.18. The van der Waals surface area contributed by atoms with Crippen LogP contribution in [0.2, 0.25) is 5.02 Å². The van der Waals surface area contributed by atoms with E-state index in [2.05, 4.69) is 4.98 Å². The number of benzene rings is 1. The van der Waals surface area contributed by atoms with Crippen LogP contribution in [0.4, 0.5) is 5.69 Å². The molecular formula is C20H22ClN3O3. The van der Waals surface area contributed by atoms with E-state index in [0.29, 0.717) is 31.3 Å². The van der Waals surface area contributed by atoms with Crippen LogP contribution in [0.1, 0.15) is 12.0 Å². The molecule has 0 N–H and O–H groups in total. The molecule has 27 heavy (non-hydrogen) atoms. The van der Waals surface area contributed by atoms with Crippen molar-refractivity contribution in [1.82, 2.24) is 9.88 Å². The van der Waals surface area contributed by atoms with Crippen LogP contribution in [0, 0.1) is 5.92 Å². The van der Waals surface area contributed by atoms with Gasteiger partial charge in [-0.25, -0.2) is 0 Å². The summed E-state index contributed by atoms with van der Waals surface area (Å²) in [6, 6.07) is 10.8. The van der Waals surface area contributed by atoms with Gasteiger partial charge in [0.05, 0.1) is 12.5 Å². The van der Waals surface area contributed by atoms with Gasteiger partial charge in [0, 0.05) is 56.3 Å². The standard InChI is InChI=1S/C20H22ClN3O3/c1-27-11-10-23(13-15-6-8-22-9-7-15)20(26)16-12-19(25)24(14-16)18-4-2-17(21)3-5-18/h2-9,16H,10-14H2,1H3/t16-/m0/s1. The number of rotatable bonds is 7. The van der Waals surface area contributed by atoms with Crippen molar-refractivity contribution >= 4 is 29.1 Å². The van der Waals surface area contributed by atoms with E-state index in [9.17, 15) is 9.59 Å². The molecule has 1 aliphatic heterocycles. The molecule has 0 spiro atoms. The Hall–Kier alpha value is -2.44. The summed E-state index contributed by atoms with van der Waals surface area (Å²) in [5.41, 5.74) is 1.76. The highest BCUT2D eigenvalue weighted by atomic mass is 35.5. The zero-order chi connectivity index (χ0) is 19.2. The summed E-state index contributed by atoms with van der Waals surface area (Å²) < 4.78 is 5.15. The first-order valence-corrected chi connectivity index (χ1v) is 9.19. The summed E-state index contributed by atoms with van der Waals surface area (Å²) in [7, 11) is 1.61. The summed E-state index contributed by atoms with van der Waals surface area (Å²) in [6.45, 7) is 1.76. The Kier molecular flexibility index (Phi) is 6.42. The molecule has 142 valence electrons. The van der Waals surface area contributed by atoms with Gasteiger partial charge in [-0.1, -0.05) is 11.6 Å². The molecule has 2 heterocycles. The molecular weight excluding hydrogens is 366 g/mol. The number of carbonyl (C=O) groups is 2. The zero-order valence-corrected chi connectivity index (χ0v) is 15.9. The van der Waals surface area contributed by atoms with E-state index in [1.54, 1.807) is 53.6 Å². The third-order valence-electron chi connectivity index (χ3n) is 4.61. The molecule has 2 amide bonds. The number of methoxy groups -OCH3 is 1. The van der Waals surface area contributed by atoms with Crippen LogP contribution in [0.25, 0.3) is 0 Å². The summed E-state index contributed by atoms with van der Waals surface area (Å²) in [5.74, 6) is -0.452. The molecule has 1 fully saturated rings. The minimum absolute atomic E-state index is 0.0336. The predicted octanol–water partition coefficient (Wildman–Crippen LogP) is 2.76. The molecule has 3 rings (SSSR count). The number of carbonyl (C=O) groups excluding carboxylic acids is 2. The van der Waals surface area contributed by atoms with E-state index in [0.717, 1.165) is 11.3 Å². The summed E-state index contributed by atoms with van der Waals surface area (Å²) in [5, 5.41) is 0.612. The average molecular weight is 388 g/mol. The number of hydrogen-bond acceptors (Lipinski definition) is 4. The lowest BCUT2D eigenvalue weighted by Crippen LogP contribution is -2.39. The van der Waals surface area contributed by atoms with Gasteiger partial charge in [0.15, 0.2) is 0 Å². The van der Waals surface area contributed by atoms with Gasteiger partial charge in [-0.15, -0.1) is 0 Å². The average Bonchev–Trinajstić information content (AvgIpc) is 3.07. The summed E-state index contributed by atoms with van der Waals surface area (Å²) in [4.78, 5) is 33.0. The van der Waals surface area contributed by atoms with Gasteiger partial charge >= 0.3 is 0 Å². The number of pyridine rings is 1. The van der Waals surface area contributed by atoms with Crippen molar-refractivity contribution in [2.75, 3.05) is 31.7 Å². The lowest BCUT2D eigenvalue weighted by atomic mass is 10.1. The minimum Gasteiger partial charge on any atom is -0.383 e. The molecule has 1 aliphatic rings. The summed E-state index contributed by atoms with van der Waals surface area (Å²) >= 11 is 5.92. The Morgan fingerprint density at radius 1 is 1.26 bits per heavy atom. The normalized spacial score (nSPS) is 16.6. The van der Waals surface area contributed by atoms with Gasteiger partial charge in [-0.2, -0.15) is 0 Å². The van der Waals surface area contributed by atoms with Crippen LogP contribution in [0.5, 0.6) is 0 Å². The molecule has 7 heteroatoms. The highest BCUT2D eigenvalue weighted by Gasteiger charge is 2.37. The molecule has 0 bridgehead atoms. The first-order chi connectivity index (χ1) is 13.1. The van der Waals surface area contributed by atoms with Gasteiger partial charge in [-0.05, 0) is 42.0 Å². The lowest BCUT2D eigenvalue weighted by Gasteiger charge is -2.25. The molecule has 0 radical (unpaired) electrons. The van der Waals surface area contributed by atoms with E-state index < -0.39 is 0 Å². The number of aromatic nitrogens is 1. The Morgan fingerprint density at radius 3 is 2.63 bits per heavy atom. The second kappa shape index (κ2) is 8.97. The number of amides is 2. The molecule has 1 saturated heterocycles. The maximum absolute atomic E-state index is 13.1. The molecule has 1 aromatic carbocycles. The van der Waals surface area contributed by atoms with Crippen LogP contribution in [0.3, 0.4) is 0 Å². The third-order valence-corrected chi connectivity index (χ3v) is 4.86. The first kappa shape index (κ1) is 19.3. The van der Waals surface area contributed by atoms with Crippen molar-refractivity contribution in [3.05, 3.63) is 59.4 Å². The van der Waals surface area contributed by atoms with Crippen LogP contribution in [-0.4, -0.2) is 48.5 Å². The maximum Gasteiger partial charge on any atom is 0.228 e.